The Bertz CT molecular complexity index is 590. The Morgan fingerprint density at radius 1 is 1.17 bits per heavy atom. The molecule has 1 aliphatic rings. The van der Waals surface area contributed by atoms with Crippen molar-refractivity contribution in [3.63, 3.8) is 0 Å². The highest BCUT2D eigenvalue weighted by Crippen LogP contribution is 2.24. The summed E-state index contributed by atoms with van der Waals surface area (Å²) in [5.74, 6) is 0. The Kier molecular flexibility index (Phi) is 5.41. The molecule has 0 amide bonds. The number of hydrogen-bond acceptors (Lipinski definition) is 4. The first kappa shape index (κ1) is 16.1. The van der Waals surface area contributed by atoms with Crippen LogP contribution in [0.25, 0.3) is 0 Å². The predicted octanol–water partition coefficient (Wildman–Crippen LogP) is 2.57. The molecule has 0 saturated carbocycles. The SMILES string of the molecule is CCN(CC)CCC1CN(Cc2ccccn2)Cc2ccnn21. The molecule has 1 unspecified atom stereocenters. The van der Waals surface area contributed by atoms with E-state index >= 15 is 0 Å². The molecule has 0 radical (unpaired) electrons. The van der Waals surface area contributed by atoms with E-state index in [1.165, 1.54) is 5.69 Å². The van der Waals surface area contributed by atoms with Crippen LogP contribution in [0.4, 0.5) is 0 Å². The quantitative estimate of drug-likeness (QED) is 0.787. The molecule has 5 nitrogen and oxygen atoms in total. The second-order valence-corrected chi connectivity index (χ2v) is 6.23. The lowest BCUT2D eigenvalue weighted by atomic mass is 10.1. The first-order chi connectivity index (χ1) is 11.3. The first-order valence-corrected chi connectivity index (χ1v) is 8.67. The van der Waals surface area contributed by atoms with E-state index in [2.05, 4.69) is 56.6 Å². The van der Waals surface area contributed by atoms with Crippen LogP contribution >= 0.6 is 0 Å². The van der Waals surface area contributed by atoms with Crippen molar-refractivity contribution < 1.29 is 0 Å². The summed E-state index contributed by atoms with van der Waals surface area (Å²) < 4.78 is 2.23. The third kappa shape index (κ3) is 3.98. The molecular weight excluding hydrogens is 286 g/mol. The summed E-state index contributed by atoms with van der Waals surface area (Å²) in [5.41, 5.74) is 2.46. The Hall–Kier alpha value is -1.72. The topological polar surface area (TPSA) is 37.2 Å². The molecule has 1 aliphatic heterocycles. The van der Waals surface area contributed by atoms with E-state index in [0.717, 1.165) is 51.4 Å². The smallest absolute Gasteiger partial charge is 0.0662 e. The van der Waals surface area contributed by atoms with Crippen molar-refractivity contribution in [3.8, 4) is 0 Å². The first-order valence-electron chi connectivity index (χ1n) is 8.67. The normalized spacial score (nSPS) is 18.3. The number of pyridine rings is 1. The maximum absolute atomic E-state index is 4.57. The van der Waals surface area contributed by atoms with Gasteiger partial charge < -0.3 is 4.90 Å². The zero-order valence-electron chi connectivity index (χ0n) is 14.2. The molecular formula is C18H27N5. The van der Waals surface area contributed by atoms with E-state index in [-0.39, 0.29) is 0 Å². The molecule has 3 heterocycles. The molecule has 1 atom stereocenters. The number of nitrogens with zero attached hydrogens (tertiary/aromatic N) is 5. The van der Waals surface area contributed by atoms with Gasteiger partial charge in [0, 0.05) is 38.6 Å². The fraction of sp³-hybridized carbons (Fsp3) is 0.556. The lowest BCUT2D eigenvalue weighted by Gasteiger charge is -2.34. The van der Waals surface area contributed by atoms with Crippen LogP contribution in [-0.4, -0.2) is 50.7 Å². The van der Waals surface area contributed by atoms with Crippen molar-refractivity contribution in [2.45, 2.75) is 39.4 Å². The largest absolute Gasteiger partial charge is 0.304 e. The Morgan fingerprint density at radius 2 is 2.04 bits per heavy atom. The van der Waals surface area contributed by atoms with E-state index in [9.17, 15) is 0 Å². The van der Waals surface area contributed by atoms with Crippen LogP contribution in [0.5, 0.6) is 0 Å². The number of fused-ring (bicyclic) bond motifs is 1. The van der Waals surface area contributed by atoms with Gasteiger partial charge in [-0.1, -0.05) is 19.9 Å². The summed E-state index contributed by atoms with van der Waals surface area (Å²) in [6, 6.07) is 8.75. The zero-order valence-corrected chi connectivity index (χ0v) is 14.2. The van der Waals surface area contributed by atoms with Gasteiger partial charge in [0.1, 0.15) is 0 Å². The van der Waals surface area contributed by atoms with Crippen molar-refractivity contribution in [1.29, 1.82) is 0 Å². The van der Waals surface area contributed by atoms with Gasteiger partial charge in [-0.25, -0.2) is 0 Å². The fourth-order valence-corrected chi connectivity index (χ4v) is 3.39. The molecule has 2 aromatic heterocycles. The second-order valence-electron chi connectivity index (χ2n) is 6.23. The average molecular weight is 313 g/mol. The molecule has 0 fully saturated rings. The summed E-state index contributed by atoms with van der Waals surface area (Å²) >= 11 is 0. The molecule has 124 valence electrons. The maximum atomic E-state index is 4.57. The van der Waals surface area contributed by atoms with Gasteiger partial charge in [0.2, 0.25) is 0 Å². The monoisotopic (exact) mass is 313 g/mol. The number of hydrogen-bond donors (Lipinski definition) is 0. The van der Waals surface area contributed by atoms with Gasteiger partial charge in [0.25, 0.3) is 0 Å². The van der Waals surface area contributed by atoms with Gasteiger partial charge in [-0.05, 0) is 37.7 Å². The van der Waals surface area contributed by atoms with Crippen LogP contribution in [0.3, 0.4) is 0 Å². The van der Waals surface area contributed by atoms with Crippen LogP contribution in [0.1, 0.15) is 37.7 Å². The molecule has 0 aliphatic carbocycles. The van der Waals surface area contributed by atoms with Crippen molar-refractivity contribution >= 4 is 0 Å². The highest BCUT2D eigenvalue weighted by molar-refractivity contribution is 5.08. The van der Waals surface area contributed by atoms with E-state index in [0.29, 0.717) is 6.04 Å². The molecule has 0 N–H and O–H groups in total. The van der Waals surface area contributed by atoms with Crippen molar-refractivity contribution in [2.24, 2.45) is 0 Å². The predicted molar refractivity (Wildman–Crippen MR) is 92.0 cm³/mol. The Labute approximate surface area is 138 Å². The van der Waals surface area contributed by atoms with Gasteiger partial charge in [-0.15, -0.1) is 0 Å². The second kappa shape index (κ2) is 7.70. The maximum Gasteiger partial charge on any atom is 0.0662 e. The van der Waals surface area contributed by atoms with Crippen molar-refractivity contribution in [3.05, 3.63) is 48.0 Å². The highest BCUT2D eigenvalue weighted by atomic mass is 15.4. The lowest BCUT2D eigenvalue weighted by molar-refractivity contribution is 0.148. The molecule has 0 spiro atoms. The minimum Gasteiger partial charge on any atom is -0.304 e. The molecule has 3 rings (SSSR count). The Balaban J connectivity index is 1.67. The molecule has 0 bridgehead atoms. The van der Waals surface area contributed by atoms with Crippen LogP contribution in [0, 0.1) is 0 Å². The van der Waals surface area contributed by atoms with Crippen molar-refractivity contribution in [1.82, 2.24) is 24.6 Å². The van der Waals surface area contributed by atoms with E-state index in [4.69, 9.17) is 0 Å². The highest BCUT2D eigenvalue weighted by Gasteiger charge is 2.25. The van der Waals surface area contributed by atoms with Crippen LogP contribution in [0.15, 0.2) is 36.7 Å². The fourth-order valence-electron chi connectivity index (χ4n) is 3.39. The van der Waals surface area contributed by atoms with E-state index < -0.39 is 0 Å². The van der Waals surface area contributed by atoms with Gasteiger partial charge in [-0.3, -0.25) is 14.6 Å². The molecule has 0 saturated heterocycles. The zero-order chi connectivity index (χ0) is 16.1. The standard InChI is InChI=1S/C18H27N5/c1-3-21(4-2)12-9-18-15-22(13-16-7-5-6-10-19-16)14-17-8-11-20-23(17)18/h5-8,10-11,18H,3-4,9,12-15H2,1-2H3. The average Bonchev–Trinajstić information content (AvgIpc) is 3.05. The summed E-state index contributed by atoms with van der Waals surface area (Å²) in [7, 11) is 0. The van der Waals surface area contributed by atoms with Gasteiger partial charge in [0.05, 0.1) is 17.4 Å². The minimum absolute atomic E-state index is 0.457. The molecule has 2 aromatic rings. The summed E-state index contributed by atoms with van der Waals surface area (Å²) in [4.78, 5) is 9.45. The third-order valence-electron chi connectivity index (χ3n) is 4.74. The van der Waals surface area contributed by atoms with E-state index in [1.54, 1.807) is 0 Å². The van der Waals surface area contributed by atoms with Gasteiger partial charge >= 0.3 is 0 Å². The van der Waals surface area contributed by atoms with Gasteiger partial charge in [0.15, 0.2) is 0 Å². The summed E-state index contributed by atoms with van der Waals surface area (Å²) in [6.45, 7) is 10.8. The van der Waals surface area contributed by atoms with Gasteiger partial charge in [-0.2, -0.15) is 5.10 Å². The number of rotatable bonds is 7. The van der Waals surface area contributed by atoms with Crippen LogP contribution < -0.4 is 0 Å². The van der Waals surface area contributed by atoms with E-state index in [1.807, 2.05) is 18.5 Å². The van der Waals surface area contributed by atoms with Crippen molar-refractivity contribution in [2.75, 3.05) is 26.2 Å². The lowest BCUT2D eigenvalue weighted by Crippen LogP contribution is -2.39. The number of aromatic nitrogens is 3. The summed E-state index contributed by atoms with van der Waals surface area (Å²) in [6.07, 6.45) is 4.96. The third-order valence-corrected chi connectivity index (χ3v) is 4.74. The summed E-state index contributed by atoms with van der Waals surface area (Å²) in [5, 5.41) is 4.57. The minimum atomic E-state index is 0.457. The Morgan fingerprint density at radius 3 is 2.78 bits per heavy atom. The van der Waals surface area contributed by atoms with Crippen LogP contribution in [0.2, 0.25) is 0 Å². The van der Waals surface area contributed by atoms with Crippen LogP contribution in [-0.2, 0) is 13.1 Å². The molecule has 0 aromatic carbocycles. The molecule has 23 heavy (non-hydrogen) atoms. The molecule has 5 heteroatoms.